The van der Waals surface area contributed by atoms with Gasteiger partial charge in [0, 0.05) is 19.3 Å². The van der Waals surface area contributed by atoms with E-state index in [1.807, 2.05) is 0 Å². The molecule has 10 heteroatoms. The van der Waals surface area contributed by atoms with E-state index in [2.05, 4.69) is 41.8 Å². The summed E-state index contributed by atoms with van der Waals surface area (Å²) in [6.45, 7) is 4.61. The van der Waals surface area contributed by atoms with Crippen LogP contribution in [0.3, 0.4) is 0 Å². The monoisotopic (exact) mass is 461 g/mol. The molecule has 5 rings (SSSR count). The largest absolute Gasteiger partial charge is 0.573 e. The third-order valence-corrected chi connectivity index (χ3v) is 6.35. The van der Waals surface area contributed by atoms with Crippen molar-refractivity contribution in [3.05, 3.63) is 48.4 Å². The summed E-state index contributed by atoms with van der Waals surface area (Å²) in [6.07, 6.45) is 1.25. The average Bonchev–Trinajstić information content (AvgIpc) is 3.22. The van der Waals surface area contributed by atoms with Gasteiger partial charge < -0.3 is 24.3 Å². The Balaban J connectivity index is 1.41. The number of fused-ring (bicyclic) bond motifs is 1. The number of halogens is 3. The Labute approximate surface area is 189 Å². The maximum absolute atomic E-state index is 12.5. The SMILES string of the molecule is FC(F)(F)Oc1ccc(C2COCCN2c2ncnc3c2ccn3CC2CCNCC2)cc1. The molecule has 2 aliphatic heterocycles. The van der Waals surface area contributed by atoms with Gasteiger partial charge in [0.1, 0.15) is 23.5 Å². The maximum atomic E-state index is 12.5. The second-order valence-electron chi connectivity index (χ2n) is 8.50. The molecule has 2 saturated heterocycles. The van der Waals surface area contributed by atoms with Gasteiger partial charge in [0.25, 0.3) is 0 Å². The first kappa shape index (κ1) is 22.0. The van der Waals surface area contributed by atoms with Crippen LogP contribution in [0, 0.1) is 5.92 Å². The number of nitrogens with one attached hydrogen (secondary N) is 1. The van der Waals surface area contributed by atoms with E-state index >= 15 is 0 Å². The molecule has 2 aromatic heterocycles. The summed E-state index contributed by atoms with van der Waals surface area (Å²) < 4.78 is 49.4. The Kier molecular flexibility index (Phi) is 6.11. The molecule has 0 spiro atoms. The van der Waals surface area contributed by atoms with Gasteiger partial charge in [-0.1, -0.05) is 12.1 Å². The summed E-state index contributed by atoms with van der Waals surface area (Å²) in [5, 5.41) is 4.37. The van der Waals surface area contributed by atoms with E-state index in [0.717, 1.165) is 54.9 Å². The Morgan fingerprint density at radius 2 is 1.88 bits per heavy atom. The fourth-order valence-corrected chi connectivity index (χ4v) is 4.73. The van der Waals surface area contributed by atoms with Crippen LogP contribution in [0.1, 0.15) is 24.4 Å². The van der Waals surface area contributed by atoms with Crippen molar-refractivity contribution < 1.29 is 22.6 Å². The Hall–Kier alpha value is -2.85. The molecule has 2 aliphatic rings. The van der Waals surface area contributed by atoms with E-state index < -0.39 is 6.36 Å². The van der Waals surface area contributed by atoms with Crippen LogP contribution in [0.4, 0.5) is 19.0 Å². The summed E-state index contributed by atoms with van der Waals surface area (Å²) >= 11 is 0. The predicted octanol–water partition coefficient (Wildman–Crippen LogP) is 3.91. The van der Waals surface area contributed by atoms with Gasteiger partial charge >= 0.3 is 6.36 Å². The minimum atomic E-state index is -4.71. The molecular weight excluding hydrogens is 435 g/mol. The highest BCUT2D eigenvalue weighted by molar-refractivity contribution is 5.88. The number of anilines is 1. The van der Waals surface area contributed by atoms with Gasteiger partial charge in [-0.2, -0.15) is 0 Å². The molecule has 1 N–H and O–H groups in total. The van der Waals surface area contributed by atoms with Crippen molar-refractivity contribution in [1.29, 1.82) is 0 Å². The first-order valence-corrected chi connectivity index (χ1v) is 11.2. The van der Waals surface area contributed by atoms with Crippen LogP contribution in [0.5, 0.6) is 5.75 Å². The molecule has 0 aliphatic carbocycles. The lowest BCUT2D eigenvalue weighted by molar-refractivity contribution is -0.274. The lowest BCUT2D eigenvalue weighted by Crippen LogP contribution is -2.40. The van der Waals surface area contributed by atoms with E-state index in [0.29, 0.717) is 25.7 Å². The molecule has 2 fully saturated rings. The van der Waals surface area contributed by atoms with E-state index in [9.17, 15) is 13.2 Å². The summed E-state index contributed by atoms with van der Waals surface area (Å²) in [5.41, 5.74) is 1.74. The lowest BCUT2D eigenvalue weighted by atomic mass is 9.98. The van der Waals surface area contributed by atoms with Crippen LogP contribution in [0.25, 0.3) is 11.0 Å². The van der Waals surface area contributed by atoms with E-state index in [4.69, 9.17) is 4.74 Å². The van der Waals surface area contributed by atoms with Crippen molar-refractivity contribution >= 4 is 16.9 Å². The summed E-state index contributed by atoms with van der Waals surface area (Å²) in [5.74, 6) is 1.19. The third kappa shape index (κ3) is 4.91. The highest BCUT2D eigenvalue weighted by Gasteiger charge is 2.32. The number of nitrogens with zero attached hydrogens (tertiary/aromatic N) is 4. The zero-order chi connectivity index (χ0) is 22.8. The van der Waals surface area contributed by atoms with Crippen LogP contribution in [-0.2, 0) is 11.3 Å². The van der Waals surface area contributed by atoms with Crippen molar-refractivity contribution in [3.8, 4) is 5.75 Å². The minimum Gasteiger partial charge on any atom is -0.406 e. The molecule has 1 atom stereocenters. The smallest absolute Gasteiger partial charge is 0.406 e. The number of aromatic nitrogens is 3. The van der Waals surface area contributed by atoms with Crippen LogP contribution in [0.2, 0.25) is 0 Å². The highest BCUT2D eigenvalue weighted by atomic mass is 19.4. The summed E-state index contributed by atoms with van der Waals surface area (Å²) in [4.78, 5) is 11.3. The molecule has 0 saturated carbocycles. The second kappa shape index (κ2) is 9.18. The molecule has 3 aromatic rings. The van der Waals surface area contributed by atoms with Crippen molar-refractivity contribution in [2.45, 2.75) is 31.8 Å². The van der Waals surface area contributed by atoms with Crippen molar-refractivity contribution in [2.24, 2.45) is 5.92 Å². The Morgan fingerprint density at radius 1 is 1.09 bits per heavy atom. The topological polar surface area (TPSA) is 64.4 Å². The number of hydrogen-bond donors (Lipinski definition) is 1. The van der Waals surface area contributed by atoms with Crippen LogP contribution < -0.4 is 15.0 Å². The maximum Gasteiger partial charge on any atom is 0.573 e. The Bertz CT molecular complexity index is 1080. The molecule has 0 amide bonds. The molecule has 4 heterocycles. The molecule has 7 nitrogen and oxygen atoms in total. The molecular formula is C23H26F3N5O2. The van der Waals surface area contributed by atoms with Crippen molar-refractivity contribution in [2.75, 3.05) is 37.7 Å². The molecule has 176 valence electrons. The van der Waals surface area contributed by atoms with E-state index in [1.54, 1.807) is 18.5 Å². The zero-order valence-electron chi connectivity index (χ0n) is 18.1. The number of ether oxygens (including phenoxy) is 2. The highest BCUT2D eigenvalue weighted by Crippen LogP contribution is 2.34. The quantitative estimate of drug-likeness (QED) is 0.622. The normalized spacial score (nSPS) is 20.3. The fourth-order valence-electron chi connectivity index (χ4n) is 4.73. The molecule has 0 bridgehead atoms. The van der Waals surface area contributed by atoms with Crippen molar-refractivity contribution in [3.63, 3.8) is 0 Å². The molecule has 33 heavy (non-hydrogen) atoms. The average molecular weight is 461 g/mol. The first-order chi connectivity index (χ1) is 16.0. The third-order valence-electron chi connectivity index (χ3n) is 6.35. The Morgan fingerprint density at radius 3 is 2.64 bits per heavy atom. The predicted molar refractivity (Wildman–Crippen MR) is 117 cm³/mol. The fraction of sp³-hybridized carbons (Fsp3) is 0.478. The summed E-state index contributed by atoms with van der Waals surface area (Å²) in [7, 11) is 0. The van der Waals surface area contributed by atoms with Gasteiger partial charge in [-0.15, -0.1) is 13.2 Å². The number of rotatable bonds is 5. The van der Waals surface area contributed by atoms with Gasteiger partial charge in [-0.05, 0) is 55.6 Å². The van der Waals surface area contributed by atoms with Gasteiger partial charge in [-0.25, -0.2) is 9.97 Å². The number of morpholine rings is 1. The second-order valence-corrected chi connectivity index (χ2v) is 8.50. The minimum absolute atomic E-state index is 0.176. The molecule has 1 aromatic carbocycles. The van der Waals surface area contributed by atoms with E-state index in [1.165, 1.54) is 12.1 Å². The summed E-state index contributed by atoms with van der Waals surface area (Å²) in [6, 6.07) is 7.84. The van der Waals surface area contributed by atoms with Gasteiger partial charge in [0.2, 0.25) is 0 Å². The lowest BCUT2D eigenvalue weighted by Gasteiger charge is -2.37. The van der Waals surface area contributed by atoms with Crippen molar-refractivity contribution in [1.82, 2.24) is 19.9 Å². The zero-order valence-corrected chi connectivity index (χ0v) is 18.1. The van der Waals surface area contributed by atoms with Crippen LogP contribution in [0.15, 0.2) is 42.9 Å². The number of benzene rings is 1. The van der Waals surface area contributed by atoms with Gasteiger partial charge in [-0.3, -0.25) is 0 Å². The molecule has 0 radical (unpaired) electrons. The molecule has 1 unspecified atom stereocenters. The number of alkyl halides is 3. The van der Waals surface area contributed by atoms with Crippen LogP contribution in [-0.4, -0.2) is 53.7 Å². The number of piperidine rings is 1. The van der Waals surface area contributed by atoms with Gasteiger partial charge in [0.15, 0.2) is 0 Å². The van der Waals surface area contributed by atoms with Crippen LogP contribution >= 0.6 is 0 Å². The van der Waals surface area contributed by atoms with Gasteiger partial charge in [0.05, 0.1) is 24.6 Å². The van der Waals surface area contributed by atoms with E-state index in [-0.39, 0.29) is 11.8 Å². The first-order valence-electron chi connectivity index (χ1n) is 11.2. The standard InChI is InChI=1S/C23H26F3N5O2/c24-23(25,26)33-18-3-1-17(2-4-18)20-14-32-12-11-31(20)22-19-7-10-30(21(19)28-15-29-22)13-16-5-8-27-9-6-16/h1-4,7,10,15-16,20,27H,5-6,8-9,11-14H2. The number of hydrogen-bond acceptors (Lipinski definition) is 6.